The van der Waals surface area contributed by atoms with Crippen LogP contribution >= 0.6 is 0 Å². The number of anilines is 1. The first kappa shape index (κ1) is 12.9. The first-order valence-electron chi connectivity index (χ1n) is 6.63. The predicted molar refractivity (Wildman–Crippen MR) is 77.0 cm³/mol. The number of nitrogens with one attached hydrogen (secondary N) is 1. The first-order chi connectivity index (χ1) is 8.79. The van der Waals surface area contributed by atoms with Gasteiger partial charge in [-0.2, -0.15) is 0 Å². The molecule has 18 heavy (non-hydrogen) atoms. The van der Waals surface area contributed by atoms with Gasteiger partial charge in [-0.1, -0.05) is 17.7 Å². The van der Waals surface area contributed by atoms with Crippen molar-refractivity contribution in [2.24, 2.45) is 10.7 Å². The van der Waals surface area contributed by atoms with Crippen LogP contribution in [0, 0.1) is 6.92 Å². The van der Waals surface area contributed by atoms with E-state index in [1.54, 1.807) is 0 Å². The minimum atomic E-state index is 0.730. The van der Waals surface area contributed by atoms with Crippen LogP contribution in [0.25, 0.3) is 0 Å². The largest absolute Gasteiger partial charge is 0.343 e. The fourth-order valence-corrected chi connectivity index (χ4v) is 2.04. The molecular weight excluding hydrogens is 224 g/mol. The normalized spacial score (nSPS) is 15.4. The maximum absolute atomic E-state index is 5.57. The van der Waals surface area contributed by atoms with Gasteiger partial charge in [0.05, 0.1) is 0 Å². The highest BCUT2D eigenvalue weighted by molar-refractivity contribution is 5.94. The molecule has 0 bridgehead atoms. The molecule has 0 saturated heterocycles. The zero-order valence-corrected chi connectivity index (χ0v) is 11.0. The Kier molecular flexibility index (Phi) is 4.59. The maximum Gasteiger partial charge on any atom is 0.198 e. The minimum absolute atomic E-state index is 0.730. The molecule has 0 aliphatic carbocycles. The molecule has 1 aliphatic rings. The third kappa shape index (κ3) is 3.47. The first-order valence-corrected chi connectivity index (χ1v) is 6.63. The van der Waals surface area contributed by atoms with Gasteiger partial charge >= 0.3 is 0 Å². The summed E-state index contributed by atoms with van der Waals surface area (Å²) in [7, 11) is 0. The molecule has 0 saturated carbocycles. The summed E-state index contributed by atoms with van der Waals surface area (Å²) in [4.78, 5) is 6.86. The highest BCUT2D eigenvalue weighted by Gasteiger charge is 2.14. The van der Waals surface area contributed by atoms with E-state index in [1.807, 2.05) is 0 Å². The fourth-order valence-electron chi connectivity index (χ4n) is 2.04. The van der Waals surface area contributed by atoms with Gasteiger partial charge in [0.2, 0.25) is 0 Å². The third-order valence-corrected chi connectivity index (χ3v) is 3.09. The number of rotatable bonds is 4. The molecule has 98 valence electrons. The maximum atomic E-state index is 5.57. The van der Waals surface area contributed by atoms with E-state index < -0.39 is 0 Å². The summed E-state index contributed by atoms with van der Waals surface area (Å²) in [5.41, 5.74) is 7.94. The van der Waals surface area contributed by atoms with Crippen LogP contribution in [0.15, 0.2) is 29.3 Å². The number of benzene rings is 1. The number of nitrogens with two attached hydrogens (primary N) is 1. The SMILES string of the molecule is Cc1ccc(NC2=NCCCN2CCCN)cc1. The Balaban J connectivity index is 2.01. The van der Waals surface area contributed by atoms with Crippen molar-refractivity contribution in [1.82, 2.24) is 4.90 Å². The molecule has 0 spiro atoms. The second-order valence-electron chi connectivity index (χ2n) is 4.68. The number of aryl methyl sites for hydroxylation is 1. The van der Waals surface area contributed by atoms with E-state index >= 15 is 0 Å². The topological polar surface area (TPSA) is 53.7 Å². The number of hydrogen-bond donors (Lipinski definition) is 2. The molecule has 4 nitrogen and oxygen atoms in total. The van der Waals surface area contributed by atoms with Crippen molar-refractivity contribution < 1.29 is 0 Å². The van der Waals surface area contributed by atoms with Gasteiger partial charge in [-0.05, 0) is 38.4 Å². The average molecular weight is 246 g/mol. The van der Waals surface area contributed by atoms with E-state index in [2.05, 4.69) is 46.4 Å². The van der Waals surface area contributed by atoms with E-state index in [-0.39, 0.29) is 0 Å². The minimum Gasteiger partial charge on any atom is -0.343 e. The Hall–Kier alpha value is -1.55. The van der Waals surface area contributed by atoms with Crippen molar-refractivity contribution in [3.05, 3.63) is 29.8 Å². The molecule has 0 atom stereocenters. The molecule has 1 aliphatic heterocycles. The summed E-state index contributed by atoms with van der Waals surface area (Å²) in [6.07, 6.45) is 2.14. The smallest absolute Gasteiger partial charge is 0.198 e. The van der Waals surface area contributed by atoms with E-state index in [1.165, 1.54) is 5.56 Å². The van der Waals surface area contributed by atoms with Gasteiger partial charge in [-0.3, -0.25) is 4.99 Å². The van der Waals surface area contributed by atoms with Gasteiger partial charge in [0.25, 0.3) is 0 Å². The lowest BCUT2D eigenvalue weighted by Gasteiger charge is -2.29. The van der Waals surface area contributed by atoms with Crippen molar-refractivity contribution >= 4 is 11.6 Å². The van der Waals surface area contributed by atoms with Gasteiger partial charge in [-0.15, -0.1) is 0 Å². The van der Waals surface area contributed by atoms with Crippen LogP contribution in [0.1, 0.15) is 18.4 Å². The third-order valence-electron chi connectivity index (χ3n) is 3.09. The van der Waals surface area contributed by atoms with Gasteiger partial charge in [0, 0.05) is 25.3 Å². The molecule has 0 radical (unpaired) electrons. The van der Waals surface area contributed by atoms with Crippen molar-refractivity contribution in [2.75, 3.05) is 31.5 Å². The Labute approximate surface area is 109 Å². The van der Waals surface area contributed by atoms with Gasteiger partial charge in [0.1, 0.15) is 0 Å². The molecule has 0 aromatic heterocycles. The summed E-state index contributed by atoms with van der Waals surface area (Å²) in [5.74, 6) is 0.985. The fraction of sp³-hybridized carbons (Fsp3) is 0.500. The van der Waals surface area contributed by atoms with Crippen molar-refractivity contribution in [3.63, 3.8) is 0 Å². The molecule has 1 heterocycles. The Morgan fingerprint density at radius 2 is 2.11 bits per heavy atom. The summed E-state index contributed by atoms with van der Waals surface area (Å²) < 4.78 is 0. The zero-order chi connectivity index (χ0) is 12.8. The van der Waals surface area contributed by atoms with E-state index in [4.69, 9.17) is 5.73 Å². The second kappa shape index (κ2) is 6.40. The van der Waals surface area contributed by atoms with Crippen LogP contribution < -0.4 is 11.1 Å². The molecule has 0 amide bonds. The lowest BCUT2D eigenvalue weighted by Crippen LogP contribution is -2.41. The van der Waals surface area contributed by atoms with E-state index in [9.17, 15) is 0 Å². The monoisotopic (exact) mass is 246 g/mol. The molecular formula is C14H22N4. The number of nitrogens with zero attached hydrogens (tertiary/aromatic N) is 2. The van der Waals surface area contributed by atoms with E-state index in [0.29, 0.717) is 0 Å². The average Bonchev–Trinajstić information content (AvgIpc) is 2.40. The van der Waals surface area contributed by atoms with Crippen LogP contribution in [0.4, 0.5) is 5.69 Å². The van der Waals surface area contributed by atoms with Gasteiger partial charge < -0.3 is 16.0 Å². The summed E-state index contributed by atoms with van der Waals surface area (Å²) in [6.45, 7) is 5.78. The van der Waals surface area contributed by atoms with Crippen molar-refractivity contribution in [1.29, 1.82) is 0 Å². The predicted octanol–water partition coefficient (Wildman–Crippen LogP) is 1.82. The van der Waals surface area contributed by atoms with Crippen LogP contribution in [0.3, 0.4) is 0 Å². The van der Waals surface area contributed by atoms with E-state index in [0.717, 1.165) is 50.7 Å². The lowest BCUT2D eigenvalue weighted by molar-refractivity contribution is 0.388. The lowest BCUT2D eigenvalue weighted by atomic mass is 10.2. The van der Waals surface area contributed by atoms with Crippen molar-refractivity contribution in [3.8, 4) is 0 Å². The Morgan fingerprint density at radius 3 is 2.83 bits per heavy atom. The molecule has 1 aromatic carbocycles. The molecule has 3 N–H and O–H groups in total. The van der Waals surface area contributed by atoms with Crippen LogP contribution in [0.5, 0.6) is 0 Å². The molecule has 0 fully saturated rings. The standard InChI is InChI=1S/C14H22N4/c1-12-4-6-13(7-5-12)17-14-16-9-3-11-18(14)10-2-8-15/h4-7H,2-3,8-11,15H2,1H3,(H,16,17). The summed E-state index contributed by atoms with van der Waals surface area (Å²) in [5, 5.41) is 3.40. The van der Waals surface area contributed by atoms with Crippen LogP contribution in [0.2, 0.25) is 0 Å². The zero-order valence-electron chi connectivity index (χ0n) is 11.0. The highest BCUT2D eigenvalue weighted by Crippen LogP contribution is 2.12. The van der Waals surface area contributed by atoms with Crippen LogP contribution in [-0.4, -0.2) is 37.0 Å². The Bertz CT molecular complexity index is 397. The number of hydrogen-bond acceptors (Lipinski definition) is 4. The molecule has 2 rings (SSSR count). The molecule has 4 heteroatoms. The molecule has 1 aromatic rings. The van der Waals surface area contributed by atoms with Crippen molar-refractivity contribution in [2.45, 2.75) is 19.8 Å². The highest BCUT2D eigenvalue weighted by atomic mass is 15.3. The number of guanidine groups is 1. The van der Waals surface area contributed by atoms with Gasteiger partial charge in [0.15, 0.2) is 5.96 Å². The van der Waals surface area contributed by atoms with Crippen LogP contribution in [-0.2, 0) is 0 Å². The quantitative estimate of drug-likeness (QED) is 0.852. The second-order valence-corrected chi connectivity index (χ2v) is 4.68. The Morgan fingerprint density at radius 1 is 1.33 bits per heavy atom. The number of aliphatic imine (C=N–C) groups is 1. The van der Waals surface area contributed by atoms with Gasteiger partial charge in [-0.25, -0.2) is 0 Å². The summed E-state index contributed by atoms with van der Waals surface area (Å²) in [6, 6.07) is 8.40. The molecule has 0 unspecified atom stereocenters. The summed E-state index contributed by atoms with van der Waals surface area (Å²) >= 11 is 0.